The van der Waals surface area contributed by atoms with Crippen molar-refractivity contribution >= 4 is 17.4 Å². The summed E-state index contributed by atoms with van der Waals surface area (Å²) in [5.74, 6) is 4.20. The molecule has 0 saturated heterocycles. The summed E-state index contributed by atoms with van der Waals surface area (Å²) in [6.07, 6.45) is 1.99. The van der Waals surface area contributed by atoms with Crippen LogP contribution in [0, 0.1) is 17.7 Å². The average molecular weight is 477 g/mol. The molecule has 0 aliphatic carbocycles. The number of rotatable bonds is 7. The standard InChI is InChI=1S/C26H25FN4O4/c1-16(32)4-9-22-10-11-23(30-25(34)17(2)28-3)26(35)31(22)15-18-12-20(14-29-13-18)24(33)19-5-7-21(27)8-6-19/h5-8,10-14,16-17,28,32H,15H2,1-3H3,(H,30,34)/t16?,17-/m1/s1. The predicted molar refractivity (Wildman–Crippen MR) is 130 cm³/mol. The van der Waals surface area contributed by atoms with Gasteiger partial charge in [0.25, 0.3) is 5.56 Å². The number of nitrogens with one attached hydrogen (secondary N) is 2. The Kier molecular flexibility index (Phi) is 8.25. The van der Waals surface area contributed by atoms with E-state index in [1.807, 2.05) is 0 Å². The molecule has 3 N–H and O–H groups in total. The number of aromatic nitrogens is 2. The largest absolute Gasteiger partial charge is 0.381 e. The first-order valence-corrected chi connectivity index (χ1v) is 10.9. The fraction of sp³-hybridized carbons (Fsp3) is 0.231. The number of ketones is 1. The number of hydrogen-bond acceptors (Lipinski definition) is 6. The summed E-state index contributed by atoms with van der Waals surface area (Å²) in [5.41, 5.74) is 0.971. The molecular formula is C26H25FN4O4. The third kappa shape index (κ3) is 6.47. The summed E-state index contributed by atoms with van der Waals surface area (Å²) >= 11 is 0. The van der Waals surface area contributed by atoms with Crippen molar-refractivity contribution in [2.45, 2.75) is 32.5 Å². The number of aliphatic hydroxyl groups is 1. The minimum atomic E-state index is -0.910. The maximum absolute atomic E-state index is 13.2. The molecule has 0 aliphatic rings. The van der Waals surface area contributed by atoms with Gasteiger partial charge in [0.1, 0.15) is 17.6 Å². The van der Waals surface area contributed by atoms with Gasteiger partial charge in [-0.25, -0.2) is 4.39 Å². The first-order chi connectivity index (χ1) is 16.7. The highest BCUT2D eigenvalue weighted by Crippen LogP contribution is 2.13. The van der Waals surface area contributed by atoms with Gasteiger partial charge in [0.2, 0.25) is 5.91 Å². The summed E-state index contributed by atoms with van der Waals surface area (Å²) in [5, 5.41) is 15.0. The maximum atomic E-state index is 13.2. The number of benzene rings is 1. The van der Waals surface area contributed by atoms with Crippen LogP contribution in [-0.4, -0.2) is 45.5 Å². The van der Waals surface area contributed by atoms with Gasteiger partial charge in [-0.05, 0) is 74.8 Å². The normalized spacial score (nSPS) is 12.3. The molecule has 2 atom stereocenters. The Labute approximate surface area is 201 Å². The molecule has 2 heterocycles. The lowest BCUT2D eigenvalue weighted by Gasteiger charge is -2.14. The predicted octanol–water partition coefficient (Wildman–Crippen LogP) is 1.94. The van der Waals surface area contributed by atoms with Gasteiger partial charge in [-0.1, -0.05) is 5.92 Å². The van der Waals surface area contributed by atoms with E-state index >= 15 is 0 Å². The minimum Gasteiger partial charge on any atom is -0.381 e. The Morgan fingerprint density at radius 3 is 2.49 bits per heavy atom. The first kappa shape index (κ1) is 25.5. The highest BCUT2D eigenvalue weighted by atomic mass is 19.1. The lowest BCUT2D eigenvalue weighted by Crippen LogP contribution is -2.37. The van der Waals surface area contributed by atoms with Crippen LogP contribution in [0.3, 0.4) is 0 Å². The van der Waals surface area contributed by atoms with E-state index in [4.69, 9.17) is 0 Å². The van der Waals surface area contributed by atoms with Gasteiger partial charge in [-0.2, -0.15) is 0 Å². The second-order valence-corrected chi connectivity index (χ2v) is 7.89. The van der Waals surface area contributed by atoms with Gasteiger partial charge in [-0.15, -0.1) is 0 Å². The topological polar surface area (TPSA) is 113 Å². The van der Waals surface area contributed by atoms with Gasteiger partial charge in [0.15, 0.2) is 5.78 Å². The lowest BCUT2D eigenvalue weighted by atomic mass is 10.0. The number of amides is 1. The molecule has 35 heavy (non-hydrogen) atoms. The molecule has 1 aromatic carbocycles. The highest BCUT2D eigenvalue weighted by Gasteiger charge is 2.16. The van der Waals surface area contributed by atoms with Crippen molar-refractivity contribution < 1.29 is 19.1 Å². The number of hydrogen-bond donors (Lipinski definition) is 3. The van der Waals surface area contributed by atoms with Gasteiger partial charge >= 0.3 is 0 Å². The molecule has 0 spiro atoms. The Morgan fingerprint density at radius 1 is 1.11 bits per heavy atom. The number of nitrogens with zero attached hydrogens (tertiary/aromatic N) is 2. The highest BCUT2D eigenvalue weighted by molar-refractivity contribution is 6.08. The molecule has 3 rings (SSSR count). The molecular weight excluding hydrogens is 451 g/mol. The van der Waals surface area contributed by atoms with Crippen LogP contribution in [-0.2, 0) is 11.3 Å². The molecule has 8 nitrogen and oxygen atoms in total. The van der Waals surface area contributed by atoms with E-state index in [0.717, 1.165) is 0 Å². The molecule has 9 heteroatoms. The van der Waals surface area contributed by atoms with E-state index in [1.54, 1.807) is 26.1 Å². The zero-order valence-electron chi connectivity index (χ0n) is 19.5. The Bertz CT molecular complexity index is 1350. The van der Waals surface area contributed by atoms with E-state index in [1.165, 1.54) is 54.2 Å². The summed E-state index contributed by atoms with van der Waals surface area (Å²) < 4.78 is 14.5. The van der Waals surface area contributed by atoms with Crippen molar-refractivity contribution in [1.82, 2.24) is 14.9 Å². The van der Waals surface area contributed by atoms with Crippen LogP contribution in [0.15, 0.2) is 59.7 Å². The molecule has 0 fully saturated rings. The van der Waals surface area contributed by atoms with Gasteiger partial charge in [-0.3, -0.25) is 23.9 Å². The monoisotopic (exact) mass is 476 g/mol. The van der Waals surface area contributed by atoms with Crippen molar-refractivity contribution in [2.24, 2.45) is 0 Å². The van der Waals surface area contributed by atoms with Gasteiger partial charge < -0.3 is 15.7 Å². The van der Waals surface area contributed by atoms with Crippen molar-refractivity contribution in [3.63, 3.8) is 0 Å². The summed E-state index contributed by atoms with van der Waals surface area (Å²) in [6, 6.07) is 9.27. The van der Waals surface area contributed by atoms with Crippen LogP contribution in [0.5, 0.6) is 0 Å². The van der Waals surface area contributed by atoms with Crippen molar-refractivity contribution in [1.29, 1.82) is 0 Å². The molecule has 0 aliphatic heterocycles. The quantitative estimate of drug-likeness (QED) is 0.355. The number of anilines is 1. The number of likely N-dealkylation sites (N-methyl/N-ethyl adjacent to an activating group) is 1. The van der Waals surface area contributed by atoms with E-state index in [9.17, 15) is 23.9 Å². The van der Waals surface area contributed by atoms with Crippen LogP contribution in [0.25, 0.3) is 0 Å². The summed E-state index contributed by atoms with van der Waals surface area (Å²) in [6.45, 7) is 3.16. The first-order valence-electron chi connectivity index (χ1n) is 10.9. The Hall–Kier alpha value is -4.13. The smallest absolute Gasteiger partial charge is 0.275 e. The van der Waals surface area contributed by atoms with Crippen molar-refractivity contribution in [3.05, 3.63) is 93.4 Å². The van der Waals surface area contributed by atoms with E-state index in [2.05, 4.69) is 27.5 Å². The number of halogens is 1. The maximum Gasteiger partial charge on any atom is 0.275 e. The zero-order chi connectivity index (χ0) is 25.5. The minimum absolute atomic E-state index is 0.00544. The van der Waals surface area contributed by atoms with Gasteiger partial charge in [0.05, 0.1) is 18.3 Å². The van der Waals surface area contributed by atoms with E-state index in [0.29, 0.717) is 16.8 Å². The van der Waals surface area contributed by atoms with Crippen molar-refractivity contribution in [3.8, 4) is 11.8 Å². The summed E-state index contributed by atoms with van der Waals surface area (Å²) in [4.78, 5) is 42.4. The Balaban J connectivity index is 1.99. The SMILES string of the molecule is CN[C@H](C)C(=O)Nc1ccc(C#CC(C)O)n(Cc2cncc(C(=O)c3ccc(F)cc3)c2)c1=O. The molecule has 1 amide bonds. The molecule has 0 bridgehead atoms. The van der Waals surface area contributed by atoms with Crippen molar-refractivity contribution in [2.75, 3.05) is 12.4 Å². The summed E-state index contributed by atoms with van der Waals surface area (Å²) in [7, 11) is 1.63. The molecule has 1 unspecified atom stereocenters. The third-order valence-electron chi connectivity index (χ3n) is 5.17. The van der Waals surface area contributed by atoms with Crippen LogP contribution in [0.2, 0.25) is 0 Å². The lowest BCUT2D eigenvalue weighted by molar-refractivity contribution is -0.117. The number of pyridine rings is 2. The second-order valence-electron chi connectivity index (χ2n) is 7.89. The molecule has 180 valence electrons. The number of aliphatic hydroxyl groups excluding tert-OH is 1. The van der Waals surface area contributed by atoms with Crippen LogP contribution in [0.4, 0.5) is 10.1 Å². The fourth-order valence-electron chi connectivity index (χ4n) is 3.14. The Morgan fingerprint density at radius 2 is 1.83 bits per heavy atom. The zero-order valence-corrected chi connectivity index (χ0v) is 19.5. The van der Waals surface area contributed by atoms with E-state index < -0.39 is 23.5 Å². The van der Waals surface area contributed by atoms with Crippen LogP contribution < -0.4 is 16.2 Å². The molecule has 2 aromatic heterocycles. The van der Waals surface area contributed by atoms with Gasteiger partial charge in [0, 0.05) is 23.5 Å². The average Bonchev–Trinajstić information content (AvgIpc) is 2.85. The second kappa shape index (κ2) is 11.3. The third-order valence-corrected chi connectivity index (χ3v) is 5.17. The molecule has 0 saturated carbocycles. The van der Waals surface area contributed by atoms with Crippen LogP contribution >= 0.6 is 0 Å². The van der Waals surface area contributed by atoms with E-state index in [-0.39, 0.29) is 29.5 Å². The molecule has 3 aromatic rings. The number of carbonyl (C=O) groups is 2. The molecule has 0 radical (unpaired) electrons. The fourth-order valence-corrected chi connectivity index (χ4v) is 3.14. The van der Waals surface area contributed by atoms with Crippen LogP contribution in [0.1, 0.15) is 41.0 Å². The number of carbonyl (C=O) groups excluding carboxylic acids is 2.